The fourth-order valence-corrected chi connectivity index (χ4v) is 3.31. The average molecular weight is 355 g/mol. The summed E-state index contributed by atoms with van der Waals surface area (Å²) in [6.45, 7) is -0.380. The number of esters is 1. The van der Waals surface area contributed by atoms with Gasteiger partial charge in [0.2, 0.25) is 5.71 Å². The summed E-state index contributed by atoms with van der Waals surface area (Å²) in [4.78, 5) is 15.8. The summed E-state index contributed by atoms with van der Waals surface area (Å²) < 4.78 is 28.9. The summed E-state index contributed by atoms with van der Waals surface area (Å²) in [5.74, 6) is -1.37. The molecule has 0 aliphatic heterocycles. The van der Waals surface area contributed by atoms with Crippen LogP contribution in [-0.2, 0) is 19.4 Å². The van der Waals surface area contributed by atoms with Gasteiger partial charge in [-0.2, -0.15) is 0 Å². The number of benzene rings is 1. The molecule has 2 rings (SSSR count). The van der Waals surface area contributed by atoms with Crippen LogP contribution in [0.15, 0.2) is 45.8 Å². The van der Waals surface area contributed by atoms with Crippen LogP contribution in [0.2, 0.25) is 0 Å². The van der Waals surface area contributed by atoms with Gasteiger partial charge in [-0.25, -0.2) is 18.2 Å². The molecular weight excluding hydrogens is 342 g/mol. The number of oxime groups is 1. The van der Waals surface area contributed by atoms with E-state index in [4.69, 9.17) is 15.7 Å². The van der Waals surface area contributed by atoms with Crippen LogP contribution >= 0.6 is 11.3 Å². The van der Waals surface area contributed by atoms with Crippen molar-refractivity contribution in [2.45, 2.75) is 4.90 Å². The summed E-state index contributed by atoms with van der Waals surface area (Å²) in [5, 5.41) is 13.3. The lowest BCUT2D eigenvalue weighted by Crippen LogP contribution is -2.23. The number of carbonyl (C=O) groups is 1. The van der Waals surface area contributed by atoms with E-state index in [-0.39, 0.29) is 28.1 Å². The number of sulfone groups is 1. The lowest BCUT2D eigenvalue weighted by Gasteiger charge is -2.06. The van der Waals surface area contributed by atoms with Crippen molar-refractivity contribution < 1.29 is 23.2 Å². The first-order valence-electron chi connectivity index (χ1n) is 6.32. The Balaban J connectivity index is 1.97. The first-order valence-corrected chi connectivity index (χ1v) is 8.85. The highest BCUT2D eigenvalue weighted by molar-refractivity contribution is 7.91. The van der Waals surface area contributed by atoms with E-state index in [9.17, 15) is 13.2 Å². The minimum Gasteiger partial charge on any atom is -0.460 e. The monoisotopic (exact) mass is 355 g/mol. The minimum absolute atomic E-state index is 0.0610. The minimum atomic E-state index is -3.56. The zero-order valence-corrected chi connectivity index (χ0v) is 13.4. The van der Waals surface area contributed by atoms with Gasteiger partial charge >= 0.3 is 5.97 Å². The molecule has 0 aliphatic carbocycles. The van der Waals surface area contributed by atoms with E-state index >= 15 is 0 Å². The number of ether oxygens (including phenoxy) is 1. The first kappa shape index (κ1) is 16.9. The zero-order valence-electron chi connectivity index (χ0n) is 11.7. The normalized spacial score (nSPS) is 12.1. The van der Waals surface area contributed by atoms with Crippen molar-refractivity contribution in [3.8, 4) is 0 Å². The summed E-state index contributed by atoms with van der Waals surface area (Å²) in [7, 11) is -3.56. The Kier molecular flexibility index (Phi) is 5.29. The SMILES string of the molecule is Nc1nc(/C(=N\O)C(=O)OCCS(=O)(=O)c2ccccc2)cs1. The van der Waals surface area contributed by atoms with Crippen LogP contribution in [0.5, 0.6) is 0 Å². The van der Waals surface area contributed by atoms with Crippen molar-refractivity contribution in [3.05, 3.63) is 41.4 Å². The Hall–Kier alpha value is -2.46. The van der Waals surface area contributed by atoms with Crippen molar-refractivity contribution in [3.63, 3.8) is 0 Å². The summed E-state index contributed by atoms with van der Waals surface area (Å²) in [6, 6.07) is 7.80. The molecule has 0 radical (unpaired) electrons. The molecule has 0 atom stereocenters. The van der Waals surface area contributed by atoms with Gasteiger partial charge in [0, 0.05) is 5.38 Å². The largest absolute Gasteiger partial charge is 0.460 e. The Morgan fingerprint density at radius 3 is 2.61 bits per heavy atom. The second-order valence-corrected chi connectivity index (χ2v) is 7.29. The molecule has 10 heteroatoms. The van der Waals surface area contributed by atoms with Crippen LogP contribution in [0.3, 0.4) is 0 Å². The van der Waals surface area contributed by atoms with Gasteiger partial charge in [-0.1, -0.05) is 23.4 Å². The van der Waals surface area contributed by atoms with Crippen molar-refractivity contribution in [1.82, 2.24) is 4.98 Å². The molecule has 0 bridgehead atoms. The molecule has 2 aromatic rings. The maximum absolute atomic E-state index is 12.0. The number of aromatic nitrogens is 1. The molecule has 1 aromatic carbocycles. The molecular formula is C13H13N3O5S2. The van der Waals surface area contributed by atoms with E-state index < -0.39 is 21.5 Å². The van der Waals surface area contributed by atoms with Crippen LogP contribution in [0.25, 0.3) is 0 Å². The number of hydrogen-bond donors (Lipinski definition) is 2. The van der Waals surface area contributed by atoms with E-state index in [1.54, 1.807) is 18.2 Å². The van der Waals surface area contributed by atoms with Crippen LogP contribution in [0.4, 0.5) is 5.13 Å². The van der Waals surface area contributed by atoms with Crippen molar-refractivity contribution in [2.24, 2.45) is 5.16 Å². The molecule has 0 unspecified atom stereocenters. The number of nitrogens with two attached hydrogens (primary N) is 1. The smallest absolute Gasteiger partial charge is 0.362 e. The first-order chi connectivity index (χ1) is 10.9. The fraction of sp³-hybridized carbons (Fsp3) is 0.154. The summed E-state index contributed by atoms with van der Waals surface area (Å²) in [5.41, 5.74) is 5.06. The number of carbonyl (C=O) groups excluding carboxylic acids is 1. The maximum Gasteiger partial charge on any atom is 0.362 e. The van der Waals surface area contributed by atoms with E-state index in [1.807, 2.05) is 0 Å². The maximum atomic E-state index is 12.0. The van der Waals surface area contributed by atoms with Gasteiger partial charge in [-0.05, 0) is 12.1 Å². The standard InChI is InChI=1S/C13H13N3O5S2/c14-13-15-10(8-22-13)11(16-18)12(17)21-6-7-23(19,20)9-4-2-1-3-5-9/h1-5,8,18H,6-7H2,(H2,14,15)/b16-11+. The van der Waals surface area contributed by atoms with Crippen molar-refractivity contribution in [1.29, 1.82) is 0 Å². The quantitative estimate of drug-likeness (QED) is 0.341. The summed E-state index contributed by atoms with van der Waals surface area (Å²) >= 11 is 1.06. The van der Waals surface area contributed by atoms with E-state index in [2.05, 4.69) is 10.1 Å². The predicted octanol–water partition coefficient (Wildman–Crippen LogP) is 0.921. The van der Waals surface area contributed by atoms with Gasteiger partial charge < -0.3 is 15.7 Å². The molecule has 1 aromatic heterocycles. The second-order valence-electron chi connectivity index (χ2n) is 4.29. The highest BCUT2D eigenvalue weighted by Gasteiger charge is 2.21. The Bertz CT molecular complexity index is 815. The highest BCUT2D eigenvalue weighted by atomic mass is 32.2. The highest BCUT2D eigenvalue weighted by Crippen LogP contribution is 2.13. The predicted molar refractivity (Wildman–Crippen MR) is 84.3 cm³/mol. The number of hydrogen-bond acceptors (Lipinski definition) is 9. The number of anilines is 1. The average Bonchev–Trinajstić information content (AvgIpc) is 2.95. The molecule has 0 fully saturated rings. The fourth-order valence-electron chi connectivity index (χ4n) is 1.65. The zero-order chi connectivity index (χ0) is 16.9. The Morgan fingerprint density at radius 1 is 1.35 bits per heavy atom. The van der Waals surface area contributed by atoms with Gasteiger partial charge in [0.25, 0.3) is 0 Å². The van der Waals surface area contributed by atoms with Gasteiger partial charge in [-0.3, -0.25) is 0 Å². The Morgan fingerprint density at radius 2 is 2.04 bits per heavy atom. The number of rotatable bonds is 6. The molecule has 8 nitrogen and oxygen atoms in total. The van der Waals surface area contributed by atoms with Crippen LogP contribution < -0.4 is 5.73 Å². The molecule has 0 saturated carbocycles. The lowest BCUT2D eigenvalue weighted by atomic mass is 10.3. The van der Waals surface area contributed by atoms with Crippen LogP contribution in [-0.4, -0.2) is 42.6 Å². The topological polar surface area (TPSA) is 132 Å². The van der Waals surface area contributed by atoms with Crippen LogP contribution in [0.1, 0.15) is 5.69 Å². The van der Waals surface area contributed by atoms with E-state index in [1.165, 1.54) is 17.5 Å². The number of nitrogen functional groups attached to an aromatic ring is 1. The van der Waals surface area contributed by atoms with Gasteiger partial charge in [0.1, 0.15) is 12.3 Å². The molecule has 3 N–H and O–H groups in total. The van der Waals surface area contributed by atoms with E-state index in [0.29, 0.717) is 0 Å². The molecule has 0 saturated heterocycles. The molecule has 0 amide bonds. The number of thiazole rings is 1. The van der Waals surface area contributed by atoms with E-state index in [0.717, 1.165) is 11.3 Å². The Labute approximate surface area is 136 Å². The van der Waals surface area contributed by atoms with Crippen molar-refractivity contribution in [2.75, 3.05) is 18.1 Å². The molecule has 122 valence electrons. The van der Waals surface area contributed by atoms with Crippen LogP contribution in [0, 0.1) is 0 Å². The second kappa shape index (κ2) is 7.20. The molecule has 0 aliphatic rings. The molecule has 0 spiro atoms. The third-order valence-electron chi connectivity index (χ3n) is 2.75. The van der Waals surface area contributed by atoms with Gasteiger partial charge in [0.15, 0.2) is 15.0 Å². The molecule has 23 heavy (non-hydrogen) atoms. The van der Waals surface area contributed by atoms with Crippen molar-refractivity contribution >= 4 is 38.0 Å². The summed E-state index contributed by atoms with van der Waals surface area (Å²) in [6.07, 6.45) is 0. The number of nitrogens with zero attached hydrogens (tertiary/aromatic N) is 2. The third kappa shape index (κ3) is 4.27. The lowest BCUT2D eigenvalue weighted by molar-refractivity contribution is -0.135. The van der Waals surface area contributed by atoms with Gasteiger partial charge in [0.05, 0.1) is 10.6 Å². The third-order valence-corrected chi connectivity index (χ3v) is 5.11. The van der Waals surface area contributed by atoms with Gasteiger partial charge in [-0.15, -0.1) is 11.3 Å². The molecule has 1 heterocycles.